The normalized spacial score (nSPS) is 15.1. The van der Waals surface area contributed by atoms with Crippen LogP contribution in [0.25, 0.3) is 5.00 Å². The molecule has 0 bridgehead atoms. The lowest BCUT2D eigenvalue weighted by Crippen LogP contribution is -2.40. The fourth-order valence-corrected chi connectivity index (χ4v) is 4.08. The summed E-state index contributed by atoms with van der Waals surface area (Å²) < 4.78 is 15.7. The van der Waals surface area contributed by atoms with E-state index in [4.69, 9.17) is 0 Å². The molecule has 1 aliphatic heterocycles. The van der Waals surface area contributed by atoms with Crippen molar-refractivity contribution in [2.24, 2.45) is 5.92 Å². The minimum Gasteiger partial charge on any atom is -0.342 e. The van der Waals surface area contributed by atoms with E-state index in [1.54, 1.807) is 12.1 Å². The van der Waals surface area contributed by atoms with Crippen molar-refractivity contribution in [3.63, 3.8) is 0 Å². The molecule has 0 spiro atoms. The molecule has 4 rings (SSSR count). The Bertz CT molecular complexity index is 988. The lowest BCUT2D eigenvalue weighted by atomic mass is 9.96. The van der Waals surface area contributed by atoms with Gasteiger partial charge in [0.1, 0.15) is 10.8 Å². The molecular formula is C19H20FN5O2S. The summed E-state index contributed by atoms with van der Waals surface area (Å²) in [5, 5.41) is 10.6. The van der Waals surface area contributed by atoms with E-state index in [2.05, 4.69) is 10.4 Å². The van der Waals surface area contributed by atoms with Crippen molar-refractivity contribution < 1.29 is 9.18 Å². The lowest BCUT2D eigenvalue weighted by Gasteiger charge is -2.31. The second-order valence-electron chi connectivity index (χ2n) is 6.93. The Kier molecular flexibility index (Phi) is 5.34. The number of nitrogens with zero attached hydrogens (tertiary/aromatic N) is 5. The molecule has 9 heteroatoms. The Hall–Kier alpha value is -2.81. The first-order valence-corrected chi connectivity index (χ1v) is 10.1. The highest BCUT2D eigenvalue weighted by Crippen LogP contribution is 2.19. The van der Waals surface area contributed by atoms with Crippen molar-refractivity contribution in [2.75, 3.05) is 13.1 Å². The van der Waals surface area contributed by atoms with Crippen molar-refractivity contribution in [1.29, 1.82) is 0 Å². The van der Waals surface area contributed by atoms with Gasteiger partial charge in [0.25, 0.3) is 0 Å². The number of benzene rings is 1. The zero-order valence-corrected chi connectivity index (χ0v) is 16.0. The summed E-state index contributed by atoms with van der Waals surface area (Å²) in [5.74, 6) is 0.0233. The average molecular weight is 401 g/mol. The first-order chi connectivity index (χ1) is 13.6. The van der Waals surface area contributed by atoms with E-state index in [0.29, 0.717) is 19.6 Å². The molecule has 1 amide bonds. The number of amides is 1. The lowest BCUT2D eigenvalue weighted by molar-refractivity contribution is -0.131. The number of tetrazole rings is 1. The summed E-state index contributed by atoms with van der Waals surface area (Å²) in [7, 11) is 0. The van der Waals surface area contributed by atoms with Gasteiger partial charge in [-0.25, -0.2) is 9.18 Å². The first-order valence-electron chi connectivity index (χ1n) is 9.19. The molecule has 3 aromatic rings. The molecule has 1 saturated heterocycles. The van der Waals surface area contributed by atoms with Gasteiger partial charge in [-0.3, -0.25) is 4.79 Å². The summed E-state index contributed by atoms with van der Waals surface area (Å²) in [6.07, 6.45) is 1.90. The maximum Gasteiger partial charge on any atom is 0.369 e. The van der Waals surface area contributed by atoms with Gasteiger partial charge in [-0.2, -0.15) is 9.36 Å². The number of carbonyl (C=O) groups excluding carboxylic acids is 1. The molecule has 146 valence electrons. The van der Waals surface area contributed by atoms with Gasteiger partial charge in [-0.15, -0.1) is 11.3 Å². The number of halogens is 1. The van der Waals surface area contributed by atoms with E-state index < -0.39 is 0 Å². The first kappa shape index (κ1) is 18.5. The maximum atomic E-state index is 13.0. The van der Waals surface area contributed by atoms with Gasteiger partial charge < -0.3 is 4.90 Å². The van der Waals surface area contributed by atoms with Gasteiger partial charge in [0.15, 0.2) is 0 Å². The molecule has 0 saturated carbocycles. The molecule has 3 heterocycles. The van der Waals surface area contributed by atoms with Crippen molar-refractivity contribution in [3.05, 3.63) is 63.6 Å². The molecule has 1 fully saturated rings. The zero-order valence-electron chi connectivity index (χ0n) is 15.2. The Morgan fingerprint density at radius 2 is 1.89 bits per heavy atom. The molecule has 0 unspecified atom stereocenters. The summed E-state index contributed by atoms with van der Waals surface area (Å²) in [6, 6.07) is 9.72. The standard InChI is InChI=1S/C19H20FN5O2S/c20-16-5-3-14(4-6-16)12-17(26)23-9-7-15(8-10-23)13-24-19(27)25(22-21-24)18-2-1-11-28-18/h1-6,11,15H,7-10,12-13H2. The van der Waals surface area contributed by atoms with Gasteiger partial charge in [-0.05, 0) is 64.4 Å². The predicted molar refractivity (Wildman–Crippen MR) is 103 cm³/mol. The maximum absolute atomic E-state index is 13.0. The Morgan fingerprint density at radius 1 is 1.14 bits per heavy atom. The molecule has 1 aliphatic rings. The highest BCUT2D eigenvalue weighted by molar-refractivity contribution is 7.12. The fraction of sp³-hybridized carbons (Fsp3) is 0.368. The zero-order chi connectivity index (χ0) is 19.5. The molecule has 0 aliphatic carbocycles. The second-order valence-corrected chi connectivity index (χ2v) is 7.86. The van der Waals surface area contributed by atoms with Crippen molar-refractivity contribution in [3.8, 4) is 5.00 Å². The summed E-state index contributed by atoms with van der Waals surface area (Å²) >= 11 is 1.44. The van der Waals surface area contributed by atoms with Gasteiger partial charge in [0.05, 0.1) is 13.0 Å². The van der Waals surface area contributed by atoms with Crippen LogP contribution in [0.15, 0.2) is 46.6 Å². The summed E-state index contributed by atoms with van der Waals surface area (Å²) in [6.45, 7) is 1.81. The van der Waals surface area contributed by atoms with Gasteiger partial charge in [-0.1, -0.05) is 12.1 Å². The van der Waals surface area contributed by atoms with Crippen LogP contribution in [0.1, 0.15) is 18.4 Å². The van der Waals surface area contributed by atoms with E-state index in [0.717, 1.165) is 23.4 Å². The third-order valence-electron chi connectivity index (χ3n) is 5.02. The predicted octanol–water partition coefficient (Wildman–Crippen LogP) is 2.11. The molecule has 7 nitrogen and oxygen atoms in total. The molecule has 28 heavy (non-hydrogen) atoms. The van der Waals surface area contributed by atoms with Crippen molar-refractivity contribution in [1.82, 2.24) is 24.7 Å². The van der Waals surface area contributed by atoms with Crippen molar-refractivity contribution in [2.45, 2.75) is 25.8 Å². The molecule has 1 aromatic carbocycles. The quantitative estimate of drug-likeness (QED) is 0.656. The van der Waals surface area contributed by atoms with Crippen LogP contribution in [0.3, 0.4) is 0 Å². The van der Waals surface area contributed by atoms with E-state index in [1.165, 1.54) is 32.8 Å². The Balaban J connectivity index is 1.31. The minimum absolute atomic E-state index is 0.0471. The molecule has 0 radical (unpaired) electrons. The van der Waals surface area contributed by atoms with E-state index in [9.17, 15) is 14.0 Å². The average Bonchev–Trinajstić information content (AvgIpc) is 3.35. The van der Waals surface area contributed by atoms with Crippen LogP contribution in [0, 0.1) is 11.7 Å². The highest BCUT2D eigenvalue weighted by atomic mass is 32.1. The number of piperidine rings is 1. The minimum atomic E-state index is -0.303. The van der Waals surface area contributed by atoms with E-state index >= 15 is 0 Å². The topological polar surface area (TPSA) is 73.0 Å². The number of aromatic nitrogens is 4. The molecular weight excluding hydrogens is 381 g/mol. The van der Waals surface area contributed by atoms with Crippen LogP contribution in [0.5, 0.6) is 0 Å². The molecule has 0 N–H and O–H groups in total. The number of likely N-dealkylation sites (tertiary alicyclic amines) is 1. The number of thiophene rings is 1. The van der Waals surface area contributed by atoms with Gasteiger partial charge in [0, 0.05) is 13.1 Å². The smallest absolute Gasteiger partial charge is 0.342 e. The van der Waals surface area contributed by atoms with E-state index in [1.807, 2.05) is 22.4 Å². The largest absolute Gasteiger partial charge is 0.369 e. The number of hydrogen-bond donors (Lipinski definition) is 0. The van der Waals surface area contributed by atoms with Gasteiger partial charge >= 0.3 is 5.69 Å². The monoisotopic (exact) mass is 401 g/mol. The fourth-order valence-electron chi connectivity index (χ4n) is 3.42. The molecule has 2 aromatic heterocycles. The van der Waals surface area contributed by atoms with Crippen LogP contribution >= 0.6 is 11.3 Å². The number of hydrogen-bond acceptors (Lipinski definition) is 5. The highest BCUT2D eigenvalue weighted by Gasteiger charge is 2.24. The Labute approximate surface area is 165 Å². The van der Waals surface area contributed by atoms with Crippen LogP contribution in [-0.2, 0) is 17.8 Å². The van der Waals surface area contributed by atoms with Crippen LogP contribution in [0.2, 0.25) is 0 Å². The second kappa shape index (κ2) is 8.05. The Morgan fingerprint density at radius 3 is 2.57 bits per heavy atom. The third kappa shape index (κ3) is 4.04. The van der Waals surface area contributed by atoms with Crippen LogP contribution in [0.4, 0.5) is 4.39 Å². The third-order valence-corrected chi connectivity index (χ3v) is 5.87. The summed E-state index contributed by atoms with van der Waals surface area (Å²) in [4.78, 5) is 26.8. The van der Waals surface area contributed by atoms with E-state index in [-0.39, 0.29) is 29.8 Å². The van der Waals surface area contributed by atoms with Crippen molar-refractivity contribution >= 4 is 17.2 Å². The summed E-state index contributed by atoms with van der Waals surface area (Å²) in [5.41, 5.74) is 0.572. The number of rotatable bonds is 5. The molecule has 0 atom stereocenters. The van der Waals surface area contributed by atoms with Crippen LogP contribution < -0.4 is 5.69 Å². The SMILES string of the molecule is O=C(Cc1ccc(F)cc1)N1CCC(Cn2nnn(-c3cccs3)c2=O)CC1. The van der Waals surface area contributed by atoms with Crippen LogP contribution in [-0.4, -0.2) is 43.7 Å². The van der Waals surface area contributed by atoms with Gasteiger partial charge in [0.2, 0.25) is 5.91 Å². The number of carbonyl (C=O) groups is 1.